The third kappa shape index (κ3) is 3.43. The highest BCUT2D eigenvalue weighted by molar-refractivity contribution is 6.39. The number of nitrogens with one attached hydrogen (secondary N) is 1. The molecule has 0 spiro atoms. The molecule has 4 amide bonds. The molecule has 9 nitrogen and oxygen atoms in total. The topological polar surface area (TPSA) is 119 Å². The van der Waals surface area contributed by atoms with Crippen molar-refractivity contribution in [2.24, 2.45) is 0 Å². The minimum Gasteiger partial charge on any atom is -0.490 e. The normalized spacial score (nSPS) is 15.6. The van der Waals surface area contributed by atoms with Gasteiger partial charge in [-0.2, -0.15) is 0 Å². The van der Waals surface area contributed by atoms with Gasteiger partial charge in [-0.15, -0.1) is 0 Å². The van der Waals surface area contributed by atoms with Crippen LogP contribution in [0.5, 0.6) is 5.75 Å². The van der Waals surface area contributed by atoms with Crippen LogP contribution in [-0.2, 0) is 9.59 Å². The highest BCUT2D eigenvalue weighted by Crippen LogP contribution is 2.29. The third-order valence-electron chi connectivity index (χ3n) is 3.90. The maximum Gasteiger partial charge on any atom is 0.335 e. The van der Waals surface area contributed by atoms with E-state index in [2.05, 4.69) is 0 Å². The monoisotopic (exact) mass is 385 g/mol. The van der Waals surface area contributed by atoms with E-state index in [1.54, 1.807) is 0 Å². The number of nitro groups is 1. The fourth-order valence-electron chi connectivity index (χ4n) is 2.59. The van der Waals surface area contributed by atoms with Crippen LogP contribution in [0.15, 0.2) is 48.0 Å². The highest BCUT2D eigenvalue weighted by atomic mass is 19.1. The second kappa shape index (κ2) is 7.27. The maximum atomic E-state index is 13.1. The summed E-state index contributed by atoms with van der Waals surface area (Å²) in [4.78, 5) is 48.0. The van der Waals surface area contributed by atoms with Crippen LogP contribution in [0.3, 0.4) is 0 Å². The fraction of sp³-hybridized carbons (Fsp3) is 0.0556. The number of hydrogen-bond acceptors (Lipinski definition) is 6. The van der Waals surface area contributed by atoms with Gasteiger partial charge in [-0.3, -0.25) is 25.0 Å². The molecule has 1 aliphatic heterocycles. The Labute approximate surface area is 157 Å². The summed E-state index contributed by atoms with van der Waals surface area (Å²) in [5, 5.41) is 13.1. The summed E-state index contributed by atoms with van der Waals surface area (Å²) in [6.45, 7) is 0. The summed E-state index contributed by atoms with van der Waals surface area (Å²) in [6, 6.07) is 7.41. The number of anilines is 1. The Morgan fingerprint density at radius 3 is 2.43 bits per heavy atom. The molecular formula is C18H12FN3O6. The van der Waals surface area contributed by atoms with Crippen LogP contribution in [0.4, 0.5) is 20.6 Å². The first kappa shape index (κ1) is 18.7. The Morgan fingerprint density at radius 2 is 1.82 bits per heavy atom. The van der Waals surface area contributed by atoms with E-state index in [9.17, 15) is 28.9 Å². The van der Waals surface area contributed by atoms with E-state index >= 15 is 0 Å². The predicted octanol–water partition coefficient (Wildman–Crippen LogP) is 2.41. The van der Waals surface area contributed by atoms with Crippen molar-refractivity contribution in [1.82, 2.24) is 5.32 Å². The van der Waals surface area contributed by atoms with Crippen molar-refractivity contribution in [3.8, 4) is 5.75 Å². The lowest BCUT2D eigenvalue weighted by Crippen LogP contribution is -2.54. The number of amides is 4. The molecule has 0 saturated carbocycles. The number of urea groups is 1. The Bertz CT molecular complexity index is 1030. The fourth-order valence-corrected chi connectivity index (χ4v) is 2.59. The molecule has 2 aromatic carbocycles. The number of nitro benzene ring substituents is 1. The van der Waals surface area contributed by atoms with Gasteiger partial charge in [0.25, 0.3) is 11.8 Å². The Kier molecular flexibility index (Phi) is 4.86. The van der Waals surface area contributed by atoms with Crippen LogP contribution in [0, 0.1) is 15.9 Å². The molecule has 28 heavy (non-hydrogen) atoms. The van der Waals surface area contributed by atoms with Gasteiger partial charge in [0.1, 0.15) is 11.4 Å². The molecule has 1 saturated heterocycles. The van der Waals surface area contributed by atoms with Crippen LogP contribution in [-0.4, -0.2) is 29.9 Å². The van der Waals surface area contributed by atoms with E-state index in [0.717, 1.165) is 24.3 Å². The molecule has 1 heterocycles. The zero-order chi connectivity index (χ0) is 20.4. The van der Waals surface area contributed by atoms with E-state index in [1.807, 2.05) is 5.32 Å². The Hall–Kier alpha value is -4.08. The van der Waals surface area contributed by atoms with Crippen LogP contribution >= 0.6 is 0 Å². The number of carbonyl (C=O) groups is 3. The van der Waals surface area contributed by atoms with Crippen molar-refractivity contribution < 1.29 is 28.4 Å². The van der Waals surface area contributed by atoms with E-state index in [0.29, 0.717) is 4.90 Å². The lowest BCUT2D eigenvalue weighted by atomic mass is 10.1. The molecule has 142 valence electrons. The molecule has 0 atom stereocenters. The van der Waals surface area contributed by atoms with Gasteiger partial charge in [-0.25, -0.2) is 14.1 Å². The molecule has 1 N–H and O–H groups in total. The van der Waals surface area contributed by atoms with Crippen molar-refractivity contribution in [2.45, 2.75) is 0 Å². The van der Waals surface area contributed by atoms with Gasteiger partial charge >= 0.3 is 11.7 Å². The predicted molar refractivity (Wildman–Crippen MR) is 95.1 cm³/mol. The molecule has 0 radical (unpaired) electrons. The number of methoxy groups -OCH3 is 1. The molecule has 0 aromatic heterocycles. The molecule has 0 bridgehead atoms. The third-order valence-corrected chi connectivity index (χ3v) is 3.90. The van der Waals surface area contributed by atoms with Crippen LogP contribution in [0.25, 0.3) is 6.08 Å². The largest absolute Gasteiger partial charge is 0.490 e. The summed E-state index contributed by atoms with van der Waals surface area (Å²) < 4.78 is 18.0. The summed E-state index contributed by atoms with van der Waals surface area (Å²) in [7, 11) is 1.27. The Balaban J connectivity index is 2.03. The number of benzene rings is 2. The first-order valence-electron chi connectivity index (χ1n) is 7.81. The minimum atomic E-state index is -0.987. The van der Waals surface area contributed by atoms with Gasteiger partial charge in [0, 0.05) is 6.07 Å². The van der Waals surface area contributed by atoms with Crippen molar-refractivity contribution in [2.75, 3.05) is 12.0 Å². The lowest BCUT2D eigenvalue weighted by molar-refractivity contribution is -0.385. The van der Waals surface area contributed by atoms with Crippen LogP contribution in [0.2, 0.25) is 0 Å². The quantitative estimate of drug-likeness (QED) is 0.374. The molecule has 1 fully saturated rings. The second-order valence-electron chi connectivity index (χ2n) is 5.62. The average molecular weight is 385 g/mol. The molecular weight excluding hydrogens is 373 g/mol. The molecule has 10 heteroatoms. The average Bonchev–Trinajstić information content (AvgIpc) is 2.66. The first-order chi connectivity index (χ1) is 13.3. The molecule has 2 aromatic rings. The highest BCUT2D eigenvalue weighted by Gasteiger charge is 2.36. The number of hydrogen-bond donors (Lipinski definition) is 1. The number of nitrogens with zero attached hydrogens (tertiary/aromatic N) is 2. The summed E-state index contributed by atoms with van der Waals surface area (Å²) in [5.74, 6) is -2.45. The first-order valence-corrected chi connectivity index (χ1v) is 7.81. The lowest BCUT2D eigenvalue weighted by Gasteiger charge is -2.26. The standard InChI is InChI=1S/C18H12FN3O6/c1-28-15-7-2-10(9-14(15)22(26)27)8-13-16(23)20-18(25)21(17(13)24)12-5-3-11(19)4-6-12/h2-9H,1H3,(H,20,23,25)/b13-8+. The second-order valence-corrected chi connectivity index (χ2v) is 5.62. The van der Waals surface area contributed by atoms with E-state index < -0.39 is 34.2 Å². The number of imide groups is 2. The van der Waals surface area contributed by atoms with E-state index in [4.69, 9.17) is 4.74 Å². The van der Waals surface area contributed by atoms with Crippen molar-refractivity contribution >= 4 is 35.3 Å². The van der Waals surface area contributed by atoms with E-state index in [-0.39, 0.29) is 22.7 Å². The van der Waals surface area contributed by atoms with Crippen LogP contribution < -0.4 is 15.0 Å². The number of halogens is 1. The number of carbonyl (C=O) groups excluding carboxylic acids is 3. The van der Waals surface area contributed by atoms with Crippen molar-refractivity contribution in [1.29, 1.82) is 0 Å². The summed E-state index contributed by atoms with van der Waals surface area (Å²) >= 11 is 0. The summed E-state index contributed by atoms with van der Waals surface area (Å²) in [6.07, 6.45) is 1.12. The van der Waals surface area contributed by atoms with Gasteiger partial charge in [0.2, 0.25) is 0 Å². The zero-order valence-electron chi connectivity index (χ0n) is 14.3. The van der Waals surface area contributed by atoms with Crippen LogP contribution in [0.1, 0.15) is 5.56 Å². The molecule has 0 aliphatic carbocycles. The van der Waals surface area contributed by atoms with E-state index in [1.165, 1.54) is 31.4 Å². The molecule has 1 aliphatic rings. The zero-order valence-corrected chi connectivity index (χ0v) is 14.3. The smallest absolute Gasteiger partial charge is 0.335 e. The van der Waals surface area contributed by atoms with Gasteiger partial charge in [0.15, 0.2) is 5.75 Å². The maximum absolute atomic E-state index is 13.1. The van der Waals surface area contributed by atoms with Crippen molar-refractivity contribution in [3.05, 3.63) is 69.5 Å². The summed E-state index contributed by atoms with van der Waals surface area (Å²) in [5.41, 5.74) is -0.530. The molecule has 3 rings (SSSR count). The minimum absolute atomic E-state index is 0.00897. The Morgan fingerprint density at radius 1 is 1.14 bits per heavy atom. The molecule has 0 unspecified atom stereocenters. The SMILES string of the molecule is COc1ccc(/C=C2\C(=O)NC(=O)N(c3ccc(F)cc3)C2=O)cc1[N+](=O)[O-]. The van der Waals surface area contributed by atoms with Crippen molar-refractivity contribution in [3.63, 3.8) is 0 Å². The van der Waals surface area contributed by atoms with Gasteiger partial charge in [-0.05, 0) is 42.0 Å². The number of rotatable bonds is 4. The number of barbiturate groups is 1. The van der Waals surface area contributed by atoms with Gasteiger partial charge in [-0.1, -0.05) is 6.07 Å². The van der Waals surface area contributed by atoms with Gasteiger partial charge in [0.05, 0.1) is 17.7 Å². The van der Waals surface area contributed by atoms with Gasteiger partial charge < -0.3 is 4.74 Å². The number of ether oxygens (including phenoxy) is 1.